The van der Waals surface area contributed by atoms with Crippen LogP contribution in [0.5, 0.6) is 0 Å². The maximum Gasteiger partial charge on any atom is 0.303 e. The second-order valence-corrected chi connectivity index (χ2v) is 8.98. The first-order chi connectivity index (χ1) is 16.3. The third-order valence-electron chi connectivity index (χ3n) is 5.57. The Morgan fingerprint density at radius 1 is 1.00 bits per heavy atom. The average molecular weight is 476 g/mol. The maximum absolute atomic E-state index is 13.0. The number of carboxylic acid groups (broad SMARTS) is 1. The fourth-order valence-electron chi connectivity index (χ4n) is 3.96. The molecule has 3 aromatic rings. The van der Waals surface area contributed by atoms with Gasteiger partial charge in [-0.05, 0) is 61.5 Å². The lowest BCUT2D eigenvalue weighted by Crippen LogP contribution is -2.11. The topological polar surface area (TPSA) is 81.7 Å². The first kappa shape index (κ1) is 23.5. The van der Waals surface area contributed by atoms with E-state index in [9.17, 15) is 9.59 Å². The van der Waals surface area contributed by atoms with Crippen molar-refractivity contribution in [2.45, 2.75) is 19.4 Å². The van der Waals surface area contributed by atoms with Crippen LogP contribution in [0.1, 0.15) is 28.7 Å². The summed E-state index contributed by atoms with van der Waals surface area (Å²) >= 11 is 6.14. The molecule has 0 radical (unpaired) electrons. The van der Waals surface area contributed by atoms with Gasteiger partial charge < -0.3 is 20.6 Å². The summed E-state index contributed by atoms with van der Waals surface area (Å²) in [5.41, 5.74) is 6.44. The van der Waals surface area contributed by atoms with Crippen molar-refractivity contribution in [3.63, 3.8) is 0 Å². The highest BCUT2D eigenvalue weighted by atomic mass is 35.5. The molecule has 1 heterocycles. The summed E-state index contributed by atoms with van der Waals surface area (Å²) in [6, 6.07) is 21.1. The van der Waals surface area contributed by atoms with Crippen LogP contribution in [0.3, 0.4) is 0 Å². The third-order valence-corrected chi connectivity index (χ3v) is 5.80. The Hall–Kier alpha value is -3.61. The Balaban J connectivity index is 1.74. The number of nitrogens with one attached hydrogen (secondary N) is 2. The molecule has 1 aliphatic rings. The quantitative estimate of drug-likeness (QED) is 0.382. The van der Waals surface area contributed by atoms with Crippen LogP contribution >= 0.6 is 11.6 Å². The fourth-order valence-corrected chi connectivity index (χ4v) is 4.14. The van der Waals surface area contributed by atoms with Crippen LogP contribution in [0.4, 0.5) is 11.4 Å². The third kappa shape index (κ3) is 5.47. The van der Waals surface area contributed by atoms with E-state index >= 15 is 0 Å². The van der Waals surface area contributed by atoms with Gasteiger partial charge >= 0.3 is 5.97 Å². The van der Waals surface area contributed by atoms with Crippen molar-refractivity contribution in [2.75, 3.05) is 24.7 Å². The Labute approximate surface area is 203 Å². The van der Waals surface area contributed by atoms with Gasteiger partial charge in [-0.15, -0.1) is 0 Å². The number of aliphatic carboxylic acids is 1. The van der Waals surface area contributed by atoms with Crippen molar-refractivity contribution in [1.82, 2.24) is 4.90 Å². The zero-order valence-corrected chi connectivity index (χ0v) is 19.8. The van der Waals surface area contributed by atoms with Gasteiger partial charge in [0.15, 0.2) is 0 Å². The molecule has 0 spiro atoms. The van der Waals surface area contributed by atoms with Gasteiger partial charge in [-0.3, -0.25) is 9.59 Å². The molecule has 0 saturated heterocycles. The molecule has 0 aliphatic carbocycles. The average Bonchev–Trinajstić information content (AvgIpc) is 3.11. The van der Waals surface area contributed by atoms with Crippen molar-refractivity contribution >= 4 is 46.1 Å². The molecule has 1 aliphatic heterocycles. The molecule has 1 amide bonds. The van der Waals surface area contributed by atoms with E-state index < -0.39 is 5.97 Å². The van der Waals surface area contributed by atoms with Crippen molar-refractivity contribution < 1.29 is 14.7 Å². The Kier molecular flexibility index (Phi) is 7.01. The van der Waals surface area contributed by atoms with Crippen LogP contribution in [0.15, 0.2) is 66.7 Å². The number of nitrogens with zero attached hydrogens (tertiary/aromatic N) is 1. The van der Waals surface area contributed by atoms with Gasteiger partial charge in [0.05, 0.1) is 17.0 Å². The fraction of sp³-hybridized carbons (Fsp3) is 0.185. The van der Waals surface area contributed by atoms with Crippen molar-refractivity contribution in [3.05, 3.63) is 94.0 Å². The lowest BCUT2D eigenvalue weighted by Gasteiger charge is -2.16. The zero-order valence-electron chi connectivity index (χ0n) is 19.1. The summed E-state index contributed by atoms with van der Waals surface area (Å²) in [4.78, 5) is 26.1. The van der Waals surface area contributed by atoms with Crippen LogP contribution in [0.25, 0.3) is 11.3 Å². The number of fused-ring (bicyclic) bond motifs is 1. The standard InChI is InChI=1S/C27H26ClN3O3/c1-31(2)16-18-5-11-21(12-6-18)29-26(19-8-3-17(4-9-19)7-14-24(32)33)25-22-13-10-20(28)15-23(22)30-27(25)34/h3-6,8-13,15,29H,7,14,16H2,1-2H3,(H,30,34)(H,32,33)/b26-25-. The van der Waals surface area contributed by atoms with E-state index in [-0.39, 0.29) is 12.3 Å². The van der Waals surface area contributed by atoms with E-state index in [2.05, 4.69) is 27.7 Å². The van der Waals surface area contributed by atoms with Crippen molar-refractivity contribution in [3.8, 4) is 0 Å². The minimum absolute atomic E-state index is 0.0708. The molecular weight excluding hydrogens is 450 g/mol. The minimum Gasteiger partial charge on any atom is -0.481 e. The number of anilines is 2. The predicted octanol–water partition coefficient (Wildman–Crippen LogP) is 5.35. The van der Waals surface area contributed by atoms with Crippen LogP contribution in [-0.4, -0.2) is 36.0 Å². The summed E-state index contributed by atoms with van der Waals surface area (Å²) in [6.45, 7) is 0.836. The van der Waals surface area contributed by atoms with E-state index in [0.29, 0.717) is 28.4 Å². The molecule has 174 valence electrons. The summed E-state index contributed by atoms with van der Waals surface area (Å²) in [5, 5.41) is 15.9. The highest BCUT2D eigenvalue weighted by molar-refractivity contribution is 6.38. The SMILES string of the molecule is CN(C)Cc1ccc(N/C(=C2\C(=O)Nc3cc(Cl)ccc32)c2ccc(CCC(=O)O)cc2)cc1. The van der Waals surface area contributed by atoms with Crippen molar-refractivity contribution in [1.29, 1.82) is 0 Å². The Bertz CT molecular complexity index is 1250. The monoisotopic (exact) mass is 475 g/mol. The molecule has 34 heavy (non-hydrogen) atoms. The van der Waals surface area contributed by atoms with E-state index in [1.807, 2.05) is 56.6 Å². The predicted molar refractivity (Wildman–Crippen MR) is 137 cm³/mol. The summed E-state index contributed by atoms with van der Waals surface area (Å²) < 4.78 is 0. The summed E-state index contributed by atoms with van der Waals surface area (Å²) in [6.07, 6.45) is 0.519. The molecular formula is C27H26ClN3O3. The Morgan fingerprint density at radius 3 is 2.32 bits per heavy atom. The molecule has 0 fully saturated rings. The van der Waals surface area contributed by atoms with Crippen LogP contribution in [-0.2, 0) is 22.6 Å². The van der Waals surface area contributed by atoms with Gasteiger partial charge in [0, 0.05) is 29.2 Å². The normalized spacial score (nSPS) is 14.1. The summed E-state index contributed by atoms with van der Waals surface area (Å²) in [5.74, 6) is -1.04. The minimum atomic E-state index is -0.829. The van der Waals surface area contributed by atoms with Gasteiger partial charge in [0.1, 0.15) is 0 Å². The van der Waals surface area contributed by atoms with E-state index in [1.54, 1.807) is 12.1 Å². The Morgan fingerprint density at radius 2 is 1.68 bits per heavy atom. The number of hydrogen-bond donors (Lipinski definition) is 3. The van der Waals surface area contributed by atoms with E-state index in [0.717, 1.165) is 28.9 Å². The van der Waals surface area contributed by atoms with E-state index in [4.69, 9.17) is 16.7 Å². The molecule has 0 aromatic heterocycles. The lowest BCUT2D eigenvalue weighted by atomic mass is 9.98. The molecule has 0 atom stereocenters. The van der Waals surface area contributed by atoms with Gasteiger partial charge in [-0.25, -0.2) is 0 Å². The molecule has 4 rings (SSSR count). The maximum atomic E-state index is 13.0. The number of halogens is 1. The van der Waals surface area contributed by atoms with E-state index in [1.165, 1.54) is 5.56 Å². The number of benzene rings is 3. The summed E-state index contributed by atoms with van der Waals surface area (Å²) in [7, 11) is 4.05. The smallest absolute Gasteiger partial charge is 0.303 e. The van der Waals surface area contributed by atoms with Crippen LogP contribution in [0, 0.1) is 0 Å². The molecule has 6 nitrogen and oxygen atoms in total. The van der Waals surface area contributed by atoms with Gasteiger partial charge in [-0.2, -0.15) is 0 Å². The first-order valence-electron chi connectivity index (χ1n) is 11.0. The molecule has 3 N–H and O–H groups in total. The van der Waals surface area contributed by atoms with Crippen LogP contribution in [0.2, 0.25) is 5.02 Å². The van der Waals surface area contributed by atoms with Gasteiger partial charge in [-0.1, -0.05) is 54.1 Å². The molecule has 0 saturated carbocycles. The van der Waals surface area contributed by atoms with Gasteiger partial charge in [0.2, 0.25) is 0 Å². The first-order valence-corrected chi connectivity index (χ1v) is 11.4. The number of amides is 1. The number of hydrogen-bond acceptors (Lipinski definition) is 4. The zero-order chi connectivity index (χ0) is 24.2. The van der Waals surface area contributed by atoms with Gasteiger partial charge in [0.25, 0.3) is 5.91 Å². The number of carboxylic acids is 1. The molecule has 0 unspecified atom stereocenters. The second-order valence-electron chi connectivity index (χ2n) is 8.54. The van der Waals surface area contributed by atoms with Crippen molar-refractivity contribution in [2.24, 2.45) is 0 Å². The highest BCUT2D eigenvalue weighted by Gasteiger charge is 2.28. The number of rotatable bonds is 8. The second kappa shape index (κ2) is 10.1. The number of carbonyl (C=O) groups excluding carboxylic acids is 1. The molecule has 0 bridgehead atoms. The molecule has 3 aromatic carbocycles. The largest absolute Gasteiger partial charge is 0.481 e. The molecule has 7 heteroatoms. The lowest BCUT2D eigenvalue weighted by molar-refractivity contribution is -0.137. The van der Waals surface area contributed by atoms with Crippen LogP contribution < -0.4 is 10.6 Å². The number of aryl methyl sites for hydroxylation is 1. The highest BCUT2D eigenvalue weighted by Crippen LogP contribution is 2.38. The number of carbonyl (C=O) groups is 2.